The van der Waals surface area contributed by atoms with E-state index in [4.69, 9.17) is 10.5 Å². The minimum absolute atomic E-state index is 0.0752. The van der Waals surface area contributed by atoms with Crippen LogP contribution in [-0.2, 0) is 4.79 Å². The Labute approximate surface area is 113 Å². The molecular weight excluding hydrogens is 242 g/mol. The zero-order chi connectivity index (χ0) is 13.9. The standard InChI is InChI=1S/C14H21N3O2/c1-14(2)13(18)16-7-8-17(14)9-10-19-12-5-3-11(15)4-6-12/h3-6H,7-10,15H2,1-2H3,(H,16,18). The fraction of sp³-hybridized carbons (Fsp3) is 0.500. The van der Waals surface area contributed by atoms with Gasteiger partial charge in [0, 0.05) is 25.3 Å². The molecule has 1 aromatic carbocycles. The molecule has 1 saturated heterocycles. The Morgan fingerprint density at radius 2 is 2.05 bits per heavy atom. The Balaban J connectivity index is 1.85. The minimum atomic E-state index is -0.470. The average molecular weight is 263 g/mol. The molecule has 1 heterocycles. The number of carbonyl (C=O) groups is 1. The highest BCUT2D eigenvalue weighted by atomic mass is 16.5. The van der Waals surface area contributed by atoms with Crippen LogP contribution in [-0.4, -0.2) is 42.6 Å². The van der Waals surface area contributed by atoms with Gasteiger partial charge in [0.1, 0.15) is 12.4 Å². The van der Waals surface area contributed by atoms with Gasteiger partial charge in [0.05, 0.1) is 5.54 Å². The maximum atomic E-state index is 11.8. The third-order valence-electron chi connectivity index (χ3n) is 3.52. The van der Waals surface area contributed by atoms with E-state index in [1.54, 1.807) is 0 Å². The van der Waals surface area contributed by atoms with Crippen LogP contribution in [0.2, 0.25) is 0 Å². The lowest BCUT2D eigenvalue weighted by Crippen LogP contribution is -2.62. The molecule has 0 bridgehead atoms. The first-order chi connectivity index (χ1) is 9.00. The van der Waals surface area contributed by atoms with Crippen LogP contribution in [0.15, 0.2) is 24.3 Å². The lowest BCUT2D eigenvalue weighted by atomic mass is 9.99. The lowest BCUT2D eigenvalue weighted by molar-refractivity contribution is -0.135. The molecule has 1 aromatic rings. The predicted molar refractivity (Wildman–Crippen MR) is 75.0 cm³/mol. The van der Waals surface area contributed by atoms with Gasteiger partial charge in [-0.05, 0) is 38.1 Å². The molecule has 0 saturated carbocycles. The van der Waals surface area contributed by atoms with Crippen LogP contribution in [0.3, 0.4) is 0 Å². The summed E-state index contributed by atoms with van der Waals surface area (Å²) < 4.78 is 5.66. The highest BCUT2D eigenvalue weighted by molar-refractivity contribution is 5.86. The Kier molecular flexibility index (Phi) is 3.95. The molecule has 1 aliphatic heterocycles. The second-order valence-corrected chi connectivity index (χ2v) is 5.22. The van der Waals surface area contributed by atoms with Crippen LogP contribution < -0.4 is 15.8 Å². The van der Waals surface area contributed by atoms with E-state index in [0.717, 1.165) is 24.5 Å². The van der Waals surface area contributed by atoms with Crippen LogP contribution >= 0.6 is 0 Å². The fourth-order valence-electron chi connectivity index (χ4n) is 2.17. The number of piperazine rings is 1. The number of amides is 1. The van der Waals surface area contributed by atoms with Crippen LogP contribution in [0.1, 0.15) is 13.8 Å². The molecule has 104 valence electrons. The summed E-state index contributed by atoms with van der Waals surface area (Å²) in [7, 11) is 0. The third-order valence-corrected chi connectivity index (χ3v) is 3.52. The molecular formula is C14H21N3O2. The maximum absolute atomic E-state index is 11.8. The summed E-state index contributed by atoms with van der Waals surface area (Å²) >= 11 is 0. The number of hydrogen-bond donors (Lipinski definition) is 2. The molecule has 0 radical (unpaired) electrons. The summed E-state index contributed by atoms with van der Waals surface area (Å²) in [4.78, 5) is 13.9. The van der Waals surface area contributed by atoms with Gasteiger partial charge in [-0.1, -0.05) is 0 Å². The summed E-state index contributed by atoms with van der Waals surface area (Å²) in [5.41, 5.74) is 5.87. The van der Waals surface area contributed by atoms with E-state index in [9.17, 15) is 4.79 Å². The largest absolute Gasteiger partial charge is 0.492 e. The third kappa shape index (κ3) is 3.17. The topological polar surface area (TPSA) is 67.6 Å². The van der Waals surface area contributed by atoms with Crippen molar-refractivity contribution < 1.29 is 9.53 Å². The van der Waals surface area contributed by atoms with Gasteiger partial charge in [-0.25, -0.2) is 0 Å². The number of nitrogens with zero attached hydrogens (tertiary/aromatic N) is 1. The van der Waals surface area contributed by atoms with Gasteiger partial charge in [0.25, 0.3) is 0 Å². The highest BCUT2D eigenvalue weighted by Crippen LogP contribution is 2.18. The summed E-state index contributed by atoms with van der Waals surface area (Å²) in [6, 6.07) is 7.33. The SMILES string of the molecule is CC1(C)C(=O)NCCN1CCOc1ccc(N)cc1. The summed E-state index contributed by atoms with van der Waals surface area (Å²) in [5.74, 6) is 0.875. The van der Waals surface area contributed by atoms with Gasteiger partial charge in [0.2, 0.25) is 5.91 Å². The first-order valence-electron chi connectivity index (χ1n) is 6.52. The number of carbonyl (C=O) groups excluding carboxylic acids is 1. The predicted octanol–water partition coefficient (Wildman–Crippen LogP) is 0.858. The molecule has 0 aromatic heterocycles. The lowest BCUT2D eigenvalue weighted by Gasteiger charge is -2.41. The highest BCUT2D eigenvalue weighted by Gasteiger charge is 2.37. The molecule has 2 rings (SSSR count). The Morgan fingerprint density at radius 3 is 2.74 bits per heavy atom. The monoisotopic (exact) mass is 263 g/mol. The van der Waals surface area contributed by atoms with Crippen molar-refractivity contribution in [1.29, 1.82) is 0 Å². The van der Waals surface area contributed by atoms with Crippen molar-refractivity contribution in [3.05, 3.63) is 24.3 Å². The molecule has 0 aliphatic carbocycles. The Bertz CT molecular complexity index is 443. The van der Waals surface area contributed by atoms with Crippen LogP contribution in [0, 0.1) is 0 Å². The maximum Gasteiger partial charge on any atom is 0.240 e. The van der Waals surface area contributed by atoms with Gasteiger partial charge in [0.15, 0.2) is 0 Å². The molecule has 5 heteroatoms. The fourth-order valence-corrected chi connectivity index (χ4v) is 2.17. The van der Waals surface area contributed by atoms with E-state index < -0.39 is 5.54 Å². The van der Waals surface area contributed by atoms with E-state index in [1.165, 1.54) is 0 Å². The summed E-state index contributed by atoms with van der Waals surface area (Å²) in [5, 5.41) is 2.88. The van der Waals surface area contributed by atoms with Crippen LogP contribution in [0.25, 0.3) is 0 Å². The average Bonchev–Trinajstić information content (AvgIpc) is 2.37. The second kappa shape index (κ2) is 5.48. The number of ether oxygens (including phenoxy) is 1. The quantitative estimate of drug-likeness (QED) is 0.791. The minimum Gasteiger partial charge on any atom is -0.492 e. The zero-order valence-corrected chi connectivity index (χ0v) is 11.5. The molecule has 0 atom stereocenters. The first kappa shape index (κ1) is 13.7. The van der Waals surface area contributed by atoms with Crippen molar-refractivity contribution in [1.82, 2.24) is 10.2 Å². The molecule has 0 spiro atoms. The number of benzene rings is 1. The summed E-state index contributed by atoms with van der Waals surface area (Å²) in [6.45, 7) is 6.70. The number of nitrogens with two attached hydrogens (primary N) is 1. The van der Waals surface area contributed by atoms with Gasteiger partial charge >= 0.3 is 0 Å². The summed E-state index contributed by atoms with van der Waals surface area (Å²) in [6.07, 6.45) is 0. The van der Waals surface area contributed by atoms with Gasteiger partial charge < -0.3 is 15.8 Å². The molecule has 3 N–H and O–H groups in total. The zero-order valence-electron chi connectivity index (χ0n) is 11.5. The van der Waals surface area contributed by atoms with Crippen LogP contribution in [0.5, 0.6) is 5.75 Å². The smallest absolute Gasteiger partial charge is 0.240 e. The van der Waals surface area contributed by atoms with E-state index in [2.05, 4.69) is 10.2 Å². The van der Waals surface area contributed by atoms with E-state index in [1.807, 2.05) is 38.1 Å². The molecule has 1 amide bonds. The molecule has 1 aliphatic rings. The Morgan fingerprint density at radius 1 is 1.37 bits per heavy atom. The van der Waals surface area contributed by atoms with Gasteiger partial charge in [-0.15, -0.1) is 0 Å². The van der Waals surface area contributed by atoms with E-state index >= 15 is 0 Å². The number of nitrogens with one attached hydrogen (secondary N) is 1. The van der Waals surface area contributed by atoms with Gasteiger partial charge in [-0.3, -0.25) is 9.69 Å². The van der Waals surface area contributed by atoms with Crippen molar-refractivity contribution in [3.8, 4) is 5.75 Å². The van der Waals surface area contributed by atoms with Crippen molar-refractivity contribution in [2.75, 3.05) is 32.0 Å². The Hall–Kier alpha value is -1.75. The normalized spacial score (nSPS) is 18.9. The second-order valence-electron chi connectivity index (χ2n) is 5.22. The first-order valence-corrected chi connectivity index (χ1v) is 6.52. The molecule has 0 unspecified atom stereocenters. The number of anilines is 1. The van der Waals surface area contributed by atoms with Crippen molar-refractivity contribution in [2.24, 2.45) is 0 Å². The number of nitrogen functional groups attached to an aromatic ring is 1. The molecule has 5 nitrogen and oxygen atoms in total. The van der Waals surface area contributed by atoms with E-state index in [-0.39, 0.29) is 5.91 Å². The number of hydrogen-bond acceptors (Lipinski definition) is 4. The molecule has 19 heavy (non-hydrogen) atoms. The number of rotatable bonds is 4. The van der Waals surface area contributed by atoms with E-state index in [0.29, 0.717) is 13.2 Å². The van der Waals surface area contributed by atoms with Crippen molar-refractivity contribution in [3.63, 3.8) is 0 Å². The van der Waals surface area contributed by atoms with Gasteiger partial charge in [-0.2, -0.15) is 0 Å². The van der Waals surface area contributed by atoms with Crippen molar-refractivity contribution >= 4 is 11.6 Å². The van der Waals surface area contributed by atoms with Crippen molar-refractivity contribution in [2.45, 2.75) is 19.4 Å². The molecule has 1 fully saturated rings. The van der Waals surface area contributed by atoms with Crippen LogP contribution in [0.4, 0.5) is 5.69 Å².